The highest BCUT2D eigenvalue weighted by Crippen LogP contribution is 2.32. The summed E-state index contributed by atoms with van der Waals surface area (Å²) >= 11 is 1.49. The molecule has 0 saturated carbocycles. The van der Waals surface area contributed by atoms with Crippen molar-refractivity contribution in [2.24, 2.45) is 0 Å². The van der Waals surface area contributed by atoms with Crippen molar-refractivity contribution in [1.82, 2.24) is 19.9 Å². The fourth-order valence-corrected chi connectivity index (χ4v) is 4.05. The van der Waals surface area contributed by atoms with Crippen molar-refractivity contribution in [1.29, 1.82) is 0 Å². The molecule has 0 unspecified atom stereocenters. The molecular formula is C23H22N4O2S. The molecular weight excluding hydrogens is 396 g/mol. The normalized spacial score (nSPS) is 11.2. The quantitative estimate of drug-likeness (QED) is 0.312. The van der Waals surface area contributed by atoms with E-state index in [9.17, 15) is 4.79 Å². The van der Waals surface area contributed by atoms with Crippen LogP contribution < -0.4 is 0 Å². The Labute approximate surface area is 179 Å². The maximum absolute atomic E-state index is 13.6. The van der Waals surface area contributed by atoms with Crippen LogP contribution in [0.2, 0.25) is 0 Å². The molecule has 0 fully saturated rings. The molecule has 6 nitrogen and oxygen atoms in total. The van der Waals surface area contributed by atoms with Crippen LogP contribution in [0.25, 0.3) is 11.0 Å². The second kappa shape index (κ2) is 9.09. The van der Waals surface area contributed by atoms with Crippen molar-refractivity contribution in [3.63, 3.8) is 0 Å². The average Bonchev–Trinajstić information content (AvgIpc) is 3.15. The number of furan rings is 1. The first-order chi connectivity index (χ1) is 14.6. The van der Waals surface area contributed by atoms with Crippen LogP contribution >= 0.6 is 11.8 Å². The first-order valence-electron chi connectivity index (χ1n) is 9.73. The highest BCUT2D eigenvalue weighted by atomic mass is 32.2. The Morgan fingerprint density at radius 2 is 1.87 bits per heavy atom. The van der Waals surface area contributed by atoms with Crippen molar-refractivity contribution < 1.29 is 9.21 Å². The van der Waals surface area contributed by atoms with Crippen LogP contribution in [-0.4, -0.2) is 31.8 Å². The summed E-state index contributed by atoms with van der Waals surface area (Å²) in [6, 6.07) is 13.4. The number of rotatable bonds is 7. The summed E-state index contributed by atoms with van der Waals surface area (Å²) in [7, 11) is 0. The molecule has 3 aromatic heterocycles. The molecule has 7 heteroatoms. The second-order valence-electron chi connectivity index (χ2n) is 7.11. The lowest BCUT2D eigenvalue weighted by molar-refractivity contribution is 0.0658. The molecule has 4 aromatic rings. The zero-order valence-corrected chi connectivity index (χ0v) is 17.7. The highest BCUT2D eigenvalue weighted by Gasteiger charge is 2.27. The summed E-state index contributed by atoms with van der Waals surface area (Å²) in [5.74, 6) is 0.785. The molecule has 0 bridgehead atoms. The van der Waals surface area contributed by atoms with E-state index in [1.807, 2.05) is 55.1 Å². The van der Waals surface area contributed by atoms with Crippen molar-refractivity contribution in [3.8, 4) is 0 Å². The minimum atomic E-state index is -0.130. The lowest BCUT2D eigenvalue weighted by Gasteiger charge is -2.26. The van der Waals surface area contributed by atoms with E-state index < -0.39 is 0 Å². The lowest BCUT2D eigenvalue weighted by Crippen LogP contribution is -2.36. The van der Waals surface area contributed by atoms with Crippen molar-refractivity contribution in [3.05, 3.63) is 84.1 Å². The van der Waals surface area contributed by atoms with Crippen LogP contribution in [0.15, 0.2) is 76.8 Å². The minimum Gasteiger partial charge on any atom is -0.451 e. The van der Waals surface area contributed by atoms with Crippen LogP contribution in [0.1, 0.15) is 35.5 Å². The summed E-state index contributed by atoms with van der Waals surface area (Å²) in [5, 5.41) is 1.60. The van der Waals surface area contributed by atoms with Gasteiger partial charge in [0.2, 0.25) is 0 Å². The van der Waals surface area contributed by atoms with Gasteiger partial charge in [0, 0.05) is 54.1 Å². The molecule has 0 aliphatic heterocycles. The summed E-state index contributed by atoms with van der Waals surface area (Å²) in [6.07, 6.45) is 6.93. The first kappa shape index (κ1) is 20.1. The van der Waals surface area contributed by atoms with Gasteiger partial charge in [-0.25, -0.2) is 9.97 Å². The maximum atomic E-state index is 13.6. The number of amides is 1. The Bertz CT molecular complexity index is 1130. The highest BCUT2D eigenvalue weighted by molar-refractivity contribution is 7.98. The zero-order valence-electron chi connectivity index (χ0n) is 16.9. The zero-order chi connectivity index (χ0) is 20.9. The van der Waals surface area contributed by atoms with Gasteiger partial charge in [-0.1, -0.05) is 36.0 Å². The van der Waals surface area contributed by atoms with Gasteiger partial charge in [0.15, 0.2) is 10.9 Å². The Balaban J connectivity index is 1.68. The first-order valence-corrected chi connectivity index (χ1v) is 10.7. The van der Waals surface area contributed by atoms with Gasteiger partial charge in [-0.3, -0.25) is 9.78 Å². The molecule has 1 amide bonds. The van der Waals surface area contributed by atoms with Crippen LogP contribution in [0.4, 0.5) is 0 Å². The molecule has 1 aromatic carbocycles. The molecule has 0 spiro atoms. The van der Waals surface area contributed by atoms with E-state index in [4.69, 9.17) is 4.42 Å². The number of para-hydroxylation sites is 1. The number of nitrogens with zero attached hydrogens (tertiary/aromatic N) is 4. The number of aromatic nitrogens is 3. The number of pyridine rings is 1. The Kier molecular flexibility index (Phi) is 6.09. The van der Waals surface area contributed by atoms with Gasteiger partial charge in [0.1, 0.15) is 5.58 Å². The van der Waals surface area contributed by atoms with E-state index in [2.05, 4.69) is 15.0 Å². The van der Waals surface area contributed by atoms with E-state index in [-0.39, 0.29) is 11.9 Å². The molecule has 0 atom stereocenters. The van der Waals surface area contributed by atoms with E-state index in [0.717, 1.165) is 16.5 Å². The average molecular weight is 419 g/mol. The fourth-order valence-electron chi connectivity index (χ4n) is 3.22. The number of fused-ring (bicyclic) bond motifs is 1. The minimum absolute atomic E-state index is 0.00359. The topological polar surface area (TPSA) is 72.1 Å². The van der Waals surface area contributed by atoms with Gasteiger partial charge < -0.3 is 9.32 Å². The molecule has 0 aliphatic rings. The summed E-state index contributed by atoms with van der Waals surface area (Å²) in [6.45, 7) is 4.47. The van der Waals surface area contributed by atoms with Gasteiger partial charge in [0.25, 0.3) is 5.91 Å². The second-order valence-corrected chi connectivity index (χ2v) is 8.06. The summed E-state index contributed by atoms with van der Waals surface area (Å²) in [5.41, 5.74) is 2.55. The van der Waals surface area contributed by atoms with Gasteiger partial charge in [-0.2, -0.15) is 0 Å². The molecule has 4 rings (SSSR count). The van der Waals surface area contributed by atoms with E-state index >= 15 is 0 Å². The summed E-state index contributed by atoms with van der Waals surface area (Å²) < 4.78 is 6.06. The number of hydrogen-bond acceptors (Lipinski definition) is 6. The van der Waals surface area contributed by atoms with Gasteiger partial charge in [0.05, 0.1) is 0 Å². The van der Waals surface area contributed by atoms with E-state index in [1.165, 1.54) is 11.8 Å². The number of thioether (sulfide) groups is 1. The largest absolute Gasteiger partial charge is 0.451 e. The molecule has 0 aliphatic carbocycles. The third-order valence-corrected chi connectivity index (χ3v) is 5.64. The van der Waals surface area contributed by atoms with Crippen LogP contribution in [-0.2, 0) is 12.3 Å². The molecule has 3 heterocycles. The third-order valence-electron chi connectivity index (χ3n) is 4.74. The van der Waals surface area contributed by atoms with Crippen LogP contribution in [0.5, 0.6) is 0 Å². The predicted molar refractivity (Wildman–Crippen MR) is 117 cm³/mol. The fraction of sp³-hybridized carbons (Fsp3) is 0.217. The van der Waals surface area contributed by atoms with Crippen molar-refractivity contribution in [2.75, 3.05) is 0 Å². The SMILES string of the molecule is CC(C)N(Cc1cccnc1)C(=O)c1oc2ccccc2c1CSc1ncccn1. The van der Waals surface area contributed by atoms with E-state index in [0.29, 0.717) is 28.8 Å². The molecule has 0 saturated heterocycles. The standard InChI is InChI=1S/C23H22N4O2S/c1-16(2)27(14-17-7-5-10-24-13-17)22(28)21-19(15-30-23-25-11-6-12-26-23)18-8-3-4-9-20(18)29-21/h3-13,16H,14-15H2,1-2H3. The third kappa shape index (κ3) is 4.36. The Hall–Kier alpha value is -3.19. The van der Waals surface area contributed by atoms with Gasteiger partial charge >= 0.3 is 0 Å². The van der Waals surface area contributed by atoms with Crippen LogP contribution in [0, 0.1) is 0 Å². The molecule has 0 N–H and O–H groups in total. The Morgan fingerprint density at radius 1 is 1.07 bits per heavy atom. The van der Waals surface area contributed by atoms with Crippen molar-refractivity contribution in [2.45, 2.75) is 37.3 Å². The Morgan fingerprint density at radius 3 is 2.60 bits per heavy atom. The van der Waals surface area contributed by atoms with Gasteiger partial charge in [-0.15, -0.1) is 0 Å². The number of carbonyl (C=O) groups is 1. The monoisotopic (exact) mass is 418 g/mol. The molecule has 152 valence electrons. The van der Waals surface area contributed by atoms with Crippen LogP contribution in [0.3, 0.4) is 0 Å². The van der Waals surface area contributed by atoms with E-state index in [1.54, 1.807) is 30.9 Å². The summed E-state index contributed by atoms with van der Waals surface area (Å²) in [4.78, 5) is 28.1. The van der Waals surface area contributed by atoms with Crippen molar-refractivity contribution >= 4 is 28.6 Å². The predicted octanol–water partition coefficient (Wildman–Crippen LogP) is 4.96. The number of benzene rings is 1. The maximum Gasteiger partial charge on any atom is 0.290 e. The lowest BCUT2D eigenvalue weighted by atomic mass is 10.1. The smallest absolute Gasteiger partial charge is 0.290 e. The number of carbonyl (C=O) groups excluding carboxylic acids is 1. The van der Waals surface area contributed by atoms with Gasteiger partial charge in [-0.05, 0) is 37.6 Å². The number of hydrogen-bond donors (Lipinski definition) is 0. The molecule has 30 heavy (non-hydrogen) atoms. The molecule has 0 radical (unpaired) electrons.